The van der Waals surface area contributed by atoms with Gasteiger partial charge in [0.1, 0.15) is 11.0 Å². The van der Waals surface area contributed by atoms with Crippen molar-refractivity contribution >= 4 is 19.5 Å². The maximum atomic E-state index is 10.6. The van der Waals surface area contributed by atoms with Crippen LogP contribution < -0.4 is 0 Å². The lowest BCUT2D eigenvalue weighted by Gasteiger charge is -2.28. The predicted octanol–water partition coefficient (Wildman–Crippen LogP) is 6.90. The molecule has 144 valence electrons. The van der Waals surface area contributed by atoms with E-state index in [0.717, 1.165) is 28.3 Å². The SMILES string of the molecule is CCCCC(CC)(CC)CP=O.c1ccc(-c2cccc3n[nH]nc23)cc1. The van der Waals surface area contributed by atoms with Gasteiger partial charge in [0.15, 0.2) is 8.46 Å². The summed E-state index contributed by atoms with van der Waals surface area (Å²) in [5.41, 5.74) is 4.46. The molecule has 0 atom stereocenters. The molecule has 0 radical (unpaired) electrons. The van der Waals surface area contributed by atoms with E-state index in [0.29, 0.717) is 13.9 Å². The van der Waals surface area contributed by atoms with E-state index >= 15 is 0 Å². The fourth-order valence-corrected chi connectivity index (χ4v) is 4.19. The van der Waals surface area contributed by atoms with Crippen LogP contribution >= 0.6 is 8.46 Å². The molecule has 0 amide bonds. The molecule has 3 aromatic rings. The van der Waals surface area contributed by atoms with Gasteiger partial charge < -0.3 is 0 Å². The molecule has 2 aromatic carbocycles. The Morgan fingerprint density at radius 2 is 1.70 bits per heavy atom. The fraction of sp³-hybridized carbons (Fsp3) is 0.455. The number of para-hydroxylation sites is 1. The Morgan fingerprint density at radius 3 is 2.33 bits per heavy atom. The summed E-state index contributed by atoms with van der Waals surface area (Å²) in [7, 11) is 0.321. The summed E-state index contributed by atoms with van der Waals surface area (Å²) in [6.07, 6.45) is 6.94. The molecule has 0 aliphatic rings. The van der Waals surface area contributed by atoms with E-state index in [-0.39, 0.29) is 0 Å². The quantitative estimate of drug-likeness (QED) is 0.430. The van der Waals surface area contributed by atoms with Crippen LogP contribution in [0.3, 0.4) is 0 Å². The van der Waals surface area contributed by atoms with Gasteiger partial charge in [0.2, 0.25) is 0 Å². The zero-order valence-electron chi connectivity index (χ0n) is 16.6. The molecular weight excluding hydrogens is 353 g/mol. The van der Waals surface area contributed by atoms with E-state index < -0.39 is 0 Å². The van der Waals surface area contributed by atoms with Gasteiger partial charge in [-0.3, -0.25) is 4.57 Å². The van der Waals surface area contributed by atoms with Crippen LogP contribution in [0.1, 0.15) is 52.9 Å². The van der Waals surface area contributed by atoms with Crippen molar-refractivity contribution in [2.75, 3.05) is 6.16 Å². The zero-order valence-corrected chi connectivity index (χ0v) is 17.5. The molecule has 0 aliphatic heterocycles. The topological polar surface area (TPSA) is 58.6 Å². The monoisotopic (exact) mass is 383 g/mol. The van der Waals surface area contributed by atoms with Crippen LogP contribution in [0, 0.1) is 5.41 Å². The van der Waals surface area contributed by atoms with Crippen LogP contribution in [0.15, 0.2) is 48.5 Å². The average Bonchev–Trinajstić information content (AvgIpc) is 3.21. The van der Waals surface area contributed by atoms with Gasteiger partial charge >= 0.3 is 0 Å². The van der Waals surface area contributed by atoms with Crippen molar-refractivity contribution in [1.82, 2.24) is 15.4 Å². The number of aromatic nitrogens is 3. The Labute approximate surface area is 164 Å². The molecule has 5 heteroatoms. The summed E-state index contributed by atoms with van der Waals surface area (Å²) in [6.45, 7) is 6.64. The normalized spacial score (nSPS) is 11.4. The van der Waals surface area contributed by atoms with Crippen LogP contribution in [-0.2, 0) is 4.57 Å². The molecular formula is C22H30N3OP. The molecule has 0 unspecified atom stereocenters. The molecule has 0 aliphatic carbocycles. The van der Waals surface area contributed by atoms with Crippen molar-refractivity contribution in [2.24, 2.45) is 5.41 Å². The first-order valence-electron chi connectivity index (χ1n) is 9.83. The molecule has 27 heavy (non-hydrogen) atoms. The van der Waals surface area contributed by atoms with Gasteiger partial charge in [0.05, 0.1) is 0 Å². The molecule has 1 aromatic heterocycles. The van der Waals surface area contributed by atoms with Gasteiger partial charge in [-0.05, 0) is 36.3 Å². The number of fused-ring (bicyclic) bond motifs is 1. The van der Waals surface area contributed by atoms with Crippen LogP contribution in [0.5, 0.6) is 0 Å². The number of nitrogens with zero attached hydrogens (tertiary/aromatic N) is 2. The number of benzene rings is 2. The molecule has 1 N–H and O–H groups in total. The number of hydrogen-bond donors (Lipinski definition) is 1. The van der Waals surface area contributed by atoms with Crippen LogP contribution in [0.25, 0.3) is 22.2 Å². The maximum absolute atomic E-state index is 10.6. The molecule has 4 nitrogen and oxygen atoms in total. The van der Waals surface area contributed by atoms with Gasteiger partial charge in [-0.1, -0.05) is 76.1 Å². The van der Waals surface area contributed by atoms with Crippen molar-refractivity contribution in [3.63, 3.8) is 0 Å². The number of rotatable bonds is 8. The third kappa shape index (κ3) is 5.71. The lowest BCUT2D eigenvalue weighted by molar-refractivity contribution is 0.270. The highest BCUT2D eigenvalue weighted by Gasteiger charge is 2.24. The highest BCUT2D eigenvalue weighted by atomic mass is 31.1. The minimum atomic E-state index is 0.321. The van der Waals surface area contributed by atoms with Crippen molar-refractivity contribution in [2.45, 2.75) is 52.9 Å². The third-order valence-electron chi connectivity index (χ3n) is 5.39. The summed E-state index contributed by atoms with van der Waals surface area (Å²) in [4.78, 5) is 0. The smallest absolute Gasteiger partial charge is 0.155 e. The second-order valence-electron chi connectivity index (χ2n) is 6.96. The molecule has 3 rings (SSSR count). The van der Waals surface area contributed by atoms with E-state index in [1.807, 2.05) is 30.3 Å². The third-order valence-corrected chi connectivity index (χ3v) is 6.19. The number of hydrogen-bond acceptors (Lipinski definition) is 3. The maximum Gasteiger partial charge on any atom is 0.155 e. The lowest BCUT2D eigenvalue weighted by atomic mass is 9.80. The molecule has 1 heterocycles. The first kappa shape index (κ1) is 21.2. The van der Waals surface area contributed by atoms with Gasteiger partial charge in [-0.25, -0.2) is 0 Å². The van der Waals surface area contributed by atoms with E-state index in [2.05, 4.69) is 54.4 Å². The second kappa shape index (κ2) is 10.9. The second-order valence-corrected chi connectivity index (χ2v) is 7.54. The average molecular weight is 383 g/mol. The van der Waals surface area contributed by atoms with Gasteiger partial charge in [-0.15, -0.1) is 0 Å². The lowest BCUT2D eigenvalue weighted by Crippen LogP contribution is -2.20. The number of nitrogens with one attached hydrogen (secondary N) is 1. The molecule has 0 saturated heterocycles. The minimum Gasteiger partial charge on any atom is -0.275 e. The summed E-state index contributed by atoms with van der Waals surface area (Å²) < 4.78 is 10.6. The summed E-state index contributed by atoms with van der Waals surface area (Å²) in [6, 6.07) is 16.2. The van der Waals surface area contributed by atoms with E-state index in [1.165, 1.54) is 32.1 Å². The summed E-state index contributed by atoms with van der Waals surface area (Å²) in [5, 5.41) is 10.9. The van der Waals surface area contributed by atoms with Crippen LogP contribution in [0.4, 0.5) is 0 Å². The number of H-pyrrole nitrogens is 1. The van der Waals surface area contributed by atoms with E-state index in [9.17, 15) is 4.57 Å². The van der Waals surface area contributed by atoms with E-state index in [1.54, 1.807) is 0 Å². The Bertz CT molecular complexity index is 813. The summed E-state index contributed by atoms with van der Waals surface area (Å²) in [5.74, 6) is 0. The van der Waals surface area contributed by atoms with Gasteiger partial charge in [0, 0.05) is 11.7 Å². The molecule has 0 fully saturated rings. The van der Waals surface area contributed by atoms with Crippen molar-refractivity contribution in [3.05, 3.63) is 48.5 Å². The Kier molecular flexibility index (Phi) is 8.60. The van der Waals surface area contributed by atoms with Crippen molar-refractivity contribution in [1.29, 1.82) is 0 Å². The Balaban J connectivity index is 0.000000201. The van der Waals surface area contributed by atoms with Crippen LogP contribution in [0.2, 0.25) is 0 Å². The predicted molar refractivity (Wildman–Crippen MR) is 114 cm³/mol. The first-order valence-corrected chi connectivity index (χ1v) is 10.8. The largest absolute Gasteiger partial charge is 0.275 e. The molecule has 0 bridgehead atoms. The van der Waals surface area contributed by atoms with Gasteiger partial charge in [0.25, 0.3) is 0 Å². The highest BCUT2D eigenvalue weighted by Crippen LogP contribution is 2.35. The Morgan fingerprint density at radius 1 is 0.963 bits per heavy atom. The summed E-state index contributed by atoms with van der Waals surface area (Å²) >= 11 is 0. The number of unbranched alkanes of at least 4 members (excludes halogenated alkanes) is 1. The first-order chi connectivity index (χ1) is 13.2. The standard InChI is InChI=1S/C12H9N3.C10H21OP/c1-2-5-9(6-3-1)10-7-4-8-11-12(10)14-15-13-11;1-4-7-8-10(5-2,6-3)9-12-11/h1-8H,(H,13,14,15);4-9H2,1-3H3. The van der Waals surface area contributed by atoms with E-state index in [4.69, 9.17) is 0 Å². The molecule has 0 spiro atoms. The van der Waals surface area contributed by atoms with Crippen molar-refractivity contribution in [3.8, 4) is 11.1 Å². The van der Waals surface area contributed by atoms with Gasteiger partial charge in [-0.2, -0.15) is 15.4 Å². The molecule has 0 saturated carbocycles. The van der Waals surface area contributed by atoms with Crippen LogP contribution in [-0.4, -0.2) is 21.6 Å². The number of aromatic amines is 1. The highest BCUT2D eigenvalue weighted by molar-refractivity contribution is 7.23. The zero-order chi connectivity index (χ0) is 19.5. The Hall–Kier alpha value is -2.06. The van der Waals surface area contributed by atoms with Crippen molar-refractivity contribution < 1.29 is 4.57 Å². The minimum absolute atomic E-state index is 0.321. The fourth-order valence-electron chi connectivity index (χ4n) is 3.31.